The molecule has 2 aromatic rings. The van der Waals surface area contributed by atoms with E-state index in [4.69, 9.17) is 19.1 Å². The van der Waals surface area contributed by atoms with Crippen molar-refractivity contribution in [1.29, 1.82) is 0 Å². The predicted octanol–water partition coefficient (Wildman–Crippen LogP) is 4.60. The monoisotopic (exact) mass is 496 g/mol. The van der Waals surface area contributed by atoms with E-state index in [2.05, 4.69) is 23.1 Å². The van der Waals surface area contributed by atoms with Gasteiger partial charge in [-0.3, -0.25) is 9.69 Å². The molecule has 1 amide bonds. The van der Waals surface area contributed by atoms with E-state index in [-0.39, 0.29) is 17.4 Å². The molecule has 2 aliphatic rings. The van der Waals surface area contributed by atoms with Crippen LogP contribution >= 0.6 is 0 Å². The SMILES string of the molecule is Cc1ccc(CN2CCC3(CC2)CC(CC(=O)N(C)C)c2ccccc2O3)o1.O=C(O)C(F)(F)F. The molecule has 35 heavy (non-hydrogen) atoms. The third-order valence-corrected chi connectivity index (χ3v) is 6.41. The van der Waals surface area contributed by atoms with Gasteiger partial charge < -0.3 is 19.2 Å². The van der Waals surface area contributed by atoms with Crippen molar-refractivity contribution in [2.75, 3.05) is 27.2 Å². The normalized spacial score (nSPS) is 19.2. The molecule has 1 aromatic heterocycles. The van der Waals surface area contributed by atoms with Crippen LogP contribution in [-0.4, -0.2) is 65.7 Å². The number of aryl methyl sites for hydroxylation is 1. The number of carbonyl (C=O) groups is 2. The van der Waals surface area contributed by atoms with Crippen LogP contribution in [0.2, 0.25) is 0 Å². The zero-order valence-corrected chi connectivity index (χ0v) is 20.1. The number of nitrogens with zero attached hydrogens (tertiary/aromatic N) is 2. The highest BCUT2D eigenvalue weighted by Crippen LogP contribution is 2.46. The predicted molar refractivity (Wildman–Crippen MR) is 122 cm³/mol. The lowest BCUT2D eigenvalue weighted by Crippen LogP contribution is -2.50. The number of ether oxygens (including phenoxy) is 1. The highest BCUT2D eigenvalue weighted by molar-refractivity contribution is 5.76. The van der Waals surface area contributed by atoms with E-state index < -0.39 is 12.1 Å². The third kappa shape index (κ3) is 7.00. The Kier molecular flexibility index (Phi) is 8.15. The van der Waals surface area contributed by atoms with Crippen LogP contribution < -0.4 is 4.74 Å². The molecule has 0 radical (unpaired) electrons. The van der Waals surface area contributed by atoms with Crippen molar-refractivity contribution in [2.24, 2.45) is 0 Å². The third-order valence-electron chi connectivity index (χ3n) is 6.41. The number of piperidine rings is 1. The Morgan fingerprint density at radius 3 is 2.31 bits per heavy atom. The summed E-state index contributed by atoms with van der Waals surface area (Å²) in [6.45, 7) is 4.80. The molecule has 1 atom stereocenters. The standard InChI is InChI=1S/C23H30N2O3.C2HF3O2/c1-17-8-9-19(27-17)16-25-12-10-23(11-13-25)15-18(14-22(26)24(2)3)20-6-4-5-7-21(20)28-23;3-2(4,5)1(6)7/h4-9,18H,10-16H2,1-3H3;(H,6,7). The van der Waals surface area contributed by atoms with E-state index in [1.807, 2.05) is 39.2 Å². The van der Waals surface area contributed by atoms with Crippen molar-refractivity contribution in [1.82, 2.24) is 9.80 Å². The second-order valence-electron chi connectivity index (χ2n) is 9.31. The van der Waals surface area contributed by atoms with Crippen molar-refractivity contribution in [3.05, 3.63) is 53.5 Å². The summed E-state index contributed by atoms with van der Waals surface area (Å²) in [5.41, 5.74) is 1.01. The molecule has 192 valence electrons. The average Bonchev–Trinajstić information content (AvgIpc) is 3.19. The van der Waals surface area contributed by atoms with Crippen LogP contribution in [0.5, 0.6) is 5.75 Å². The van der Waals surface area contributed by atoms with E-state index in [9.17, 15) is 18.0 Å². The van der Waals surface area contributed by atoms with Gasteiger partial charge in [0.25, 0.3) is 0 Å². The molecular formula is C25H31F3N2O5. The Labute approximate surface area is 202 Å². The fraction of sp³-hybridized carbons (Fsp3) is 0.520. The first-order valence-corrected chi connectivity index (χ1v) is 11.4. The van der Waals surface area contributed by atoms with E-state index in [0.717, 1.165) is 56.2 Å². The number of carboxylic acids is 1. The van der Waals surface area contributed by atoms with Crippen LogP contribution in [0.4, 0.5) is 13.2 Å². The zero-order valence-electron chi connectivity index (χ0n) is 20.1. The van der Waals surface area contributed by atoms with E-state index in [1.165, 1.54) is 5.56 Å². The molecule has 4 rings (SSSR count). The lowest BCUT2D eigenvalue weighted by atomic mass is 9.76. The number of carboxylic acid groups (broad SMARTS) is 1. The van der Waals surface area contributed by atoms with Crippen LogP contribution in [0.15, 0.2) is 40.8 Å². The molecule has 0 aliphatic carbocycles. The number of hydrogen-bond acceptors (Lipinski definition) is 5. The molecule has 1 saturated heterocycles. The minimum absolute atomic E-state index is 0.165. The van der Waals surface area contributed by atoms with Gasteiger partial charge in [0.15, 0.2) is 0 Å². The molecule has 2 aliphatic heterocycles. The Hall–Kier alpha value is -3.01. The summed E-state index contributed by atoms with van der Waals surface area (Å²) in [5, 5.41) is 7.12. The number of para-hydroxylation sites is 1. The molecule has 1 spiro atoms. The van der Waals surface area contributed by atoms with Gasteiger partial charge in [0, 0.05) is 39.5 Å². The summed E-state index contributed by atoms with van der Waals surface area (Å²) in [7, 11) is 3.66. The van der Waals surface area contributed by atoms with Gasteiger partial charge in [-0.1, -0.05) is 18.2 Å². The summed E-state index contributed by atoms with van der Waals surface area (Å²) in [6, 6.07) is 12.3. The first kappa shape index (κ1) is 26.6. The Bertz CT molecular complexity index is 1030. The summed E-state index contributed by atoms with van der Waals surface area (Å²) >= 11 is 0. The molecular weight excluding hydrogens is 465 g/mol. The lowest BCUT2D eigenvalue weighted by molar-refractivity contribution is -0.192. The highest BCUT2D eigenvalue weighted by Gasteiger charge is 2.43. The average molecular weight is 497 g/mol. The smallest absolute Gasteiger partial charge is 0.487 e. The van der Waals surface area contributed by atoms with Crippen LogP contribution in [0.3, 0.4) is 0 Å². The Balaban J connectivity index is 0.000000429. The highest BCUT2D eigenvalue weighted by atomic mass is 19.4. The van der Waals surface area contributed by atoms with Crippen molar-refractivity contribution < 1.29 is 37.0 Å². The van der Waals surface area contributed by atoms with Crippen molar-refractivity contribution in [3.63, 3.8) is 0 Å². The minimum atomic E-state index is -5.08. The lowest BCUT2D eigenvalue weighted by Gasteiger charge is -2.47. The molecule has 0 saturated carbocycles. The van der Waals surface area contributed by atoms with Crippen molar-refractivity contribution in [3.8, 4) is 5.75 Å². The maximum absolute atomic E-state index is 12.4. The fourth-order valence-corrected chi connectivity index (χ4v) is 4.54. The summed E-state index contributed by atoms with van der Waals surface area (Å²) < 4.78 is 44.0. The number of fused-ring (bicyclic) bond motifs is 1. The number of rotatable bonds is 4. The largest absolute Gasteiger partial charge is 0.490 e. The maximum atomic E-state index is 12.4. The molecule has 1 unspecified atom stereocenters. The number of halogens is 3. The first-order valence-electron chi connectivity index (χ1n) is 11.4. The maximum Gasteiger partial charge on any atom is 0.490 e. The summed E-state index contributed by atoms with van der Waals surface area (Å²) in [5.74, 6) is 0.594. The number of alkyl halides is 3. The molecule has 10 heteroatoms. The molecule has 7 nitrogen and oxygen atoms in total. The molecule has 1 aromatic carbocycles. The number of furan rings is 1. The number of hydrogen-bond donors (Lipinski definition) is 1. The van der Waals surface area contributed by atoms with Crippen LogP contribution in [0, 0.1) is 6.92 Å². The van der Waals surface area contributed by atoms with Gasteiger partial charge in [0.05, 0.1) is 6.54 Å². The molecule has 0 bridgehead atoms. The summed E-state index contributed by atoms with van der Waals surface area (Å²) in [6.07, 6.45) is -1.66. The van der Waals surface area contributed by atoms with Gasteiger partial charge in [-0.2, -0.15) is 13.2 Å². The second kappa shape index (κ2) is 10.7. The number of carbonyl (C=O) groups excluding carboxylic acids is 1. The first-order chi connectivity index (χ1) is 16.4. The number of amides is 1. The van der Waals surface area contributed by atoms with Gasteiger partial charge in [-0.05, 0) is 49.9 Å². The molecule has 1 N–H and O–H groups in total. The number of aliphatic carboxylic acids is 1. The van der Waals surface area contributed by atoms with Crippen LogP contribution in [0.1, 0.15) is 48.7 Å². The van der Waals surface area contributed by atoms with Gasteiger partial charge in [-0.25, -0.2) is 4.79 Å². The minimum Gasteiger partial charge on any atom is -0.487 e. The van der Waals surface area contributed by atoms with Crippen molar-refractivity contribution >= 4 is 11.9 Å². The number of likely N-dealkylation sites (tertiary alicyclic amines) is 1. The summed E-state index contributed by atoms with van der Waals surface area (Å²) in [4.78, 5) is 25.4. The zero-order chi connectivity index (χ0) is 25.8. The van der Waals surface area contributed by atoms with Gasteiger partial charge >= 0.3 is 12.1 Å². The van der Waals surface area contributed by atoms with Gasteiger partial charge in [0.1, 0.15) is 22.9 Å². The Morgan fingerprint density at radius 1 is 1.14 bits per heavy atom. The molecule has 3 heterocycles. The van der Waals surface area contributed by atoms with E-state index >= 15 is 0 Å². The van der Waals surface area contributed by atoms with Gasteiger partial charge in [0.2, 0.25) is 5.91 Å². The molecule has 1 fully saturated rings. The van der Waals surface area contributed by atoms with Crippen LogP contribution in [-0.2, 0) is 16.1 Å². The second-order valence-corrected chi connectivity index (χ2v) is 9.31. The van der Waals surface area contributed by atoms with Crippen molar-refractivity contribution in [2.45, 2.75) is 56.8 Å². The number of benzene rings is 1. The van der Waals surface area contributed by atoms with Crippen LogP contribution in [0.25, 0.3) is 0 Å². The fourth-order valence-electron chi connectivity index (χ4n) is 4.54. The topological polar surface area (TPSA) is 83.2 Å². The van der Waals surface area contributed by atoms with Gasteiger partial charge in [-0.15, -0.1) is 0 Å². The van der Waals surface area contributed by atoms with E-state index in [1.54, 1.807) is 4.90 Å². The Morgan fingerprint density at radius 2 is 1.77 bits per heavy atom. The van der Waals surface area contributed by atoms with E-state index in [0.29, 0.717) is 6.42 Å². The quantitative estimate of drug-likeness (QED) is 0.666.